The lowest BCUT2D eigenvalue weighted by Gasteiger charge is -2.15. The Morgan fingerprint density at radius 2 is 1.72 bits per heavy atom. The van der Waals surface area contributed by atoms with Gasteiger partial charge in [0.15, 0.2) is 6.10 Å². The summed E-state index contributed by atoms with van der Waals surface area (Å²) in [5.74, 6) is 0.224. The van der Waals surface area contributed by atoms with Gasteiger partial charge in [-0.2, -0.15) is 0 Å². The molecule has 0 spiro atoms. The van der Waals surface area contributed by atoms with Gasteiger partial charge in [0.2, 0.25) is 0 Å². The SMILES string of the molecule is C[C@H](Oc1ccccc1Cl)C(=O)Nc1ccc(S(=O)(=O)Nc2ccccn2)cc1. The van der Waals surface area contributed by atoms with E-state index in [-0.39, 0.29) is 10.7 Å². The maximum atomic E-state index is 12.4. The van der Waals surface area contributed by atoms with Gasteiger partial charge < -0.3 is 10.1 Å². The van der Waals surface area contributed by atoms with Gasteiger partial charge >= 0.3 is 0 Å². The first-order chi connectivity index (χ1) is 13.8. The number of rotatable bonds is 7. The number of hydrogen-bond donors (Lipinski definition) is 2. The predicted octanol–water partition coefficient (Wildman–Crippen LogP) is 3.94. The van der Waals surface area contributed by atoms with Gasteiger partial charge in [-0.1, -0.05) is 29.8 Å². The maximum Gasteiger partial charge on any atom is 0.265 e. The third-order valence-corrected chi connectivity index (χ3v) is 5.53. The summed E-state index contributed by atoms with van der Waals surface area (Å²) < 4.78 is 32.8. The number of pyridine rings is 1. The molecule has 0 radical (unpaired) electrons. The summed E-state index contributed by atoms with van der Waals surface area (Å²) in [4.78, 5) is 16.3. The fourth-order valence-electron chi connectivity index (χ4n) is 2.37. The van der Waals surface area contributed by atoms with Crippen LogP contribution in [0.4, 0.5) is 11.5 Å². The molecule has 0 aliphatic rings. The zero-order valence-electron chi connectivity index (χ0n) is 15.4. The van der Waals surface area contributed by atoms with E-state index < -0.39 is 22.0 Å². The van der Waals surface area contributed by atoms with Crippen LogP contribution in [0.15, 0.2) is 77.8 Å². The quantitative estimate of drug-likeness (QED) is 0.590. The number of para-hydroxylation sites is 1. The second-order valence-electron chi connectivity index (χ2n) is 6.02. The summed E-state index contributed by atoms with van der Waals surface area (Å²) in [5, 5.41) is 3.08. The molecule has 0 aliphatic heterocycles. The van der Waals surface area contributed by atoms with Crippen molar-refractivity contribution in [3.05, 3.63) is 77.9 Å². The molecule has 1 aromatic heterocycles. The van der Waals surface area contributed by atoms with Gasteiger partial charge in [0.05, 0.1) is 9.92 Å². The number of benzene rings is 2. The largest absolute Gasteiger partial charge is 0.479 e. The monoisotopic (exact) mass is 431 g/mol. The first-order valence-corrected chi connectivity index (χ1v) is 10.5. The second-order valence-corrected chi connectivity index (χ2v) is 8.11. The third-order valence-electron chi connectivity index (χ3n) is 3.85. The molecule has 3 rings (SSSR count). The van der Waals surface area contributed by atoms with E-state index in [1.165, 1.54) is 30.5 Å². The Morgan fingerprint density at radius 1 is 1.03 bits per heavy atom. The van der Waals surface area contributed by atoms with Crippen molar-refractivity contribution >= 4 is 39.0 Å². The molecule has 1 amide bonds. The Kier molecular flexibility index (Phi) is 6.36. The summed E-state index contributed by atoms with van der Waals surface area (Å²) in [7, 11) is -3.78. The number of ether oxygens (including phenoxy) is 1. The van der Waals surface area contributed by atoms with Crippen molar-refractivity contribution in [2.45, 2.75) is 17.9 Å². The van der Waals surface area contributed by atoms with Crippen molar-refractivity contribution in [1.82, 2.24) is 4.98 Å². The van der Waals surface area contributed by atoms with Crippen molar-refractivity contribution < 1.29 is 17.9 Å². The minimum Gasteiger partial charge on any atom is -0.479 e. The molecule has 3 aromatic rings. The topological polar surface area (TPSA) is 97.4 Å². The van der Waals surface area contributed by atoms with E-state index in [1.807, 2.05) is 0 Å². The van der Waals surface area contributed by atoms with Crippen LogP contribution in [0.1, 0.15) is 6.92 Å². The number of nitrogens with one attached hydrogen (secondary N) is 2. The van der Waals surface area contributed by atoms with Gasteiger partial charge in [0.25, 0.3) is 15.9 Å². The Morgan fingerprint density at radius 3 is 2.38 bits per heavy atom. The van der Waals surface area contributed by atoms with E-state index in [4.69, 9.17) is 16.3 Å². The van der Waals surface area contributed by atoms with Crippen LogP contribution < -0.4 is 14.8 Å². The van der Waals surface area contributed by atoms with Gasteiger partial charge in [0.1, 0.15) is 11.6 Å². The fourth-order valence-corrected chi connectivity index (χ4v) is 3.55. The summed E-state index contributed by atoms with van der Waals surface area (Å²) in [6.45, 7) is 1.59. The fraction of sp³-hybridized carbons (Fsp3) is 0.100. The average molecular weight is 432 g/mol. The van der Waals surface area contributed by atoms with Crippen LogP contribution in [0.5, 0.6) is 5.75 Å². The highest BCUT2D eigenvalue weighted by atomic mass is 35.5. The Bertz CT molecular complexity index is 1090. The van der Waals surface area contributed by atoms with Crippen molar-refractivity contribution in [2.24, 2.45) is 0 Å². The number of aromatic nitrogens is 1. The molecule has 0 bridgehead atoms. The Labute approximate surface area is 173 Å². The number of sulfonamides is 1. The van der Waals surface area contributed by atoms with Crippen LogP contribution in [-0.2, 0) is 14.8 Å². The van der Waals surface area contributed by atoms with E-state index in [0.717, 1.165) is 0 Å². The smallest absolute Gasteiger partial charge is 0.265 e. The highest BCUT2D eigenvalue weighted by Gasteiger charge is 2.18. The van der Waals surface area contributed by atoms with Gasteiger partial charge in [0, 0.05) is 11.9 Å². The molecule has 0 unspecified atom stereocenters. The molecule has 29 heavy (non-hydrogen) atoms. The van der Waals surface area contributed by atoms with Crippen LogP contribution in [0.3, 0.4) is 0 Å². The summed E-state index contributed by atoms with van der Waals surface area (Å²) in [6, 6.07) is 17.5. The first-order valence-electron chi connectivity index (χ1n) is 8.61. The summed E-state index contributed by atoms with van der Waals surface area (Å²) in [5.41, 5.74) is 0.432. The van der Waals surface area contributed by atoms with Crippen molar-refractivity contribution in [1.29, 1.82) is 0 Å². The lowest BCUT2D eigenvalue weighted by molar-refractivity contribution is -0.122. The zero-order valence-corrected chi connectivity index (χ0v) is 16.9. The number of hydrogen-bond acceptors (Lipinski definition) is 5. The molecular weight excluding hydrogens is 414 g/mol. The molecule has 2 N–H and O–H groups in total. The number of carbonyl (C=O) groups is 1. The van der Waals surface area contributed by atoms with Gasteiger partial charge in [-0.15, -0.1) is 0 Å². The minimum absolute atomic E-state index is 0.0431. The number of nitrogens with zero attached hydrogens (tertiary/aromatic N) is 1. The zero-order chi connectivity index (χ0) is 20.9. The van der Waals surface area contributed by atoms with Crippen molar-refractivity contribution in [3.63, 3.8) is 0 Å². The van der Waals surface area contributed by atoms with Gasteiger partial charge in [-0.25, -0.2) is 13.4 Å². The molecule has 0 fully saturated rings. The van der Waals surface area contributed by atoms with Crippen LogP contribution in [0.2, 0.25) is 5.02 Å². The second kappa shape index (κ2) is 8.93. The standard InChI is InChI=1S/C20H18ClN3O4S/c1-14(28-18-7-3-2-6-17(18)21)20(25)23-15-9-11-16(12-10-15)29(26,27)24-19-8-4-5-13-22-19/h2-14H,1H3,(H,22,24)(H,23,25)/t14-/m0/s1. The molecule has 150 valence electrons. The average Bonchev–Trinajstić information content (AvgIpc) is 2.70. The Hall–Kier alpha value is -3.10. The van der Waals surface area contributed by atoms with Crippen LogP contribution in [-0.4, -0.2) is 25.4 Å². The van der Waals surface area contributed by atoms with Crippen molar-refractivity contribution in [2.75, 3.05) is 10.0 Å². The molecule has 0 saturated carbocycles. The third kappa shape index (κ3) is 5.46. The van der Waals surface area contributed by atoms with Gasteiger partial charge in [-0.3, -0.25) is 9.52 Å². The lowest BCUT2D eigenvalue weighted by Crippen LogP contribution is -2.30. The molecule has 1 heterocycles. The first kappa shape index (κ1) is 20.6. The molecule has 9 heteroatoms. The number of halogens is 1. The van der Waals surface area contributed by atoms with Crippen molar-refractivity contribution in [3.8, 4) is 5.75 Å². The number of amides is 1. The minimum atomic E-state index is -3.78. The van der Waals surface area contributed by atoms with E-state index >= 15 is 0 Å². The van der Waals surface area contributed by atoms with E-state index in [0.29, 0.717) is 16.5 Å². The van der Waals surface area contributed by atoms with Crippen LogP contribution >= 0.6 is 11.6 Å². The predicted molar refractivity (Wildman–Crippen MR) is 112 cm³/mol. The molecule has 7 nitrogen and oxygen atoms in total. The van der Waals surface area contributed by atoms with Crippen LogP contribution in [0.25, 0.3) is 0 Å². The van der Waals surface area contributed by atoms with E-state index in [2.05, 4.69) is 15.0 Å². The maximum absolute atomic E-state index is 12.4. The molecule has 0 aliphatic carbocycles. The molecular formula is C20H18ClN3O4S. The highest BCUT2D eigenvalue weighted by molar-refractivity contribution is 7.92. The molecule has 2 aromatic carbocycles. The normalized spacial score (nSPS) is 12.1. The number of carbonyl (C=O) groups excluding carboxylic acids is 1. The molecule has 0 saturated heterocycles. The summed E-state index contributed by atoms with van der Waals surface area (Å²) >= 11 is 6.03. The van der Waals surface area contributed by atoms with E-state index in [9.17, 15) is 13.2 Å². The highest BCUT2D eigenvalue weighted by Crippen LogP contribution is 2.24. The number of anilines is 2. The Balaban J connectivity index is 1.64. The van der Waals surface area contributed by atoms with Gasteiger partial charge in [-0.05, 0) is 55.5 Å². The summed E-state index contributed by atoms with van der Waals surface area (Å²) in [6.07, 6.45) is 0.687. The lowest BCUT2D eigenvalue weighted by atomic mass is 10.3. The van der Waals surface area contributed by atoms with Crippen LogP contribution in [0, 0.1) is 0 Å². The molecule has 1 atom stereocenters. The van der Waals surface area contributed by atoms with E-state index in [1.54, 1.807) is 49.4 Å².